The smallest absolute Gasteiger partial charge is 0.131 e. The molecule has 24 heavy (non-hydrogen) atoms. The molecule has 3 heterocycles. The Kier molecular flexibility index (Phi) is 3.84. The second kappa shape index (κ2) is 6.15. The lowest BCUT2D eigenvalue weighted by atomic mass is 9.90. The summed E-state index contributed by atoms with van der Waals surface area (Å²) < 4.78 is 0. The SMILES string of the molecule is N#CC(C#N)=Cc1ccc(-c2cc3c4c(c2)CCCN4CCC3)s1. The van der Waals surface area contributed by atoms with Crippen LogP contribution in [0, 0.1) is 22.7 Å². The number of anilines is 1. The largest absolute Gasteiger partial charge is 0.371 e. The maximum absolute atomic E-state index is 8.90. The van der Waals surface area contributed by atoms with E-state index < -0.39 is 0 Å². The van der Waals surface area contributed by atoms with Gasteiger partial charge in [-0.15, -0.1) is 11.3 Å². The van der Waals surface area contributed by atoms with Crippen molar-refractivity contribution in [3.63, 3.8) is 0 Å². The van der Waals surface area contributed by atoms with Crippen molar-refractivity contribution in [1.82, 2.24) is 0 Å². The molecule has 0 amide bonds. The fourth-order valence-corrected chi connectivity index (χ4v) is 4.70. The van der Waals surface area contributed by atoms with Gasteiger partial charge in [0.2, 0.25) is 0 Å². The first kappa shape index (κ1) is 15.0. The Hall–Kier alpha value is -2.56. The molecule has 0 N–H and O–H groups in total. The zero-order chi connectivity index (χ0) is 16.5. The third-order valence-corrected chi connectivity index (χ3v) is 5.85. The van der Waals surface area contributed by atoms with Crippen molar-refractivity contribution in [2.45, 2.75) is 25.7 Å². The Morgan fingerprint density at radius 3 is 2.33 bits per heavy atom. The maximum Gasteiger partial charge on any atom is 0.131 e. The molecular weight excluding hydrogens is 314 g/mol. The molecule has 0 saturated carbocycles. The van der Waals surface area contributed by atoms with Crippen LogP contribution < -0.4 is 4.90 Å². The van der Waals surface area contributed by atoms with Gasteiger partial charge in [0.1, 0.15) is 17.7 Å². The number of allylic oxidation sites excluding steroid dienone is 1. The van der Waals surface area contributed by atoms with Crippen molar-refractivity contribution in [2.24, 2.45) is 0 Å². The van der Waals surface area contributed by atoms with Crippen LogP contribution in [0.4, 0.5) is 5.69 Å². The van der Waals surface area contributed by atoms with Crippen LogP contribution in [-0.4, -0.2) is 13.1 Å². The zero-order valence-electron chi connectivity index (χ0n) is 13.4. The van der Waals surface area contributed by atoms with Crippen LogP contribution in [-0.2, 0) is 12.8 Å². The lowest BCUT2D eigenvalue weighted by Gasteiger charge is -2.37. The molecule has 0 spiro atoms. The van der Waals surface area contributed by atoms with Gasteiger partial charge in [-0.3, -0.25) is 0 Å². The van der Waals surface area contributed by atoms with Gasteiger partial charge in [0.15, 0.2) is 0 Å². The van der Waals surface area contributed by atoms with E-state index in [0.717, 1.165) is 17.7 Å². The highest BCUT2D eigenvalue weighted by atomic mass is 32.1. The summed E-state index contributed by atoms with van der Waals surface area (Å²) in [6.07, 6.45) is 6.47. The van der Waals surface area contributed by atoms with Crippen molar-refractivity contribution in [2.75, 3.05) is 18.0 Å². The number of hydrogen-bond donors (Lipinski definition) is 0. The number of nitrogens with zero attached hydrogens (tertiary/aromatic N) is 3. The average Bonchev–Trinajstić information content (AvgIpc) is 3.09. The maximum atomic E-state index is 8.90. The van der Waals surface area contributed by atoms with Crippen molar-refractivity contribution in [3.8, 4) is 22.6 Å². The van der Waals surface area contributed by atoms with E-state index >= 15 is 0 Å². The van der Waals surface area contributed by atoms with Gasteiger partial charge in [-0.1, -0.05) is 0 Å². The average molecular weight is 331 g/mol. The zero-order valence-corrected chi connectivity index (χ0v) is 14.2. The summed E-state index contributed by atoms with van der Waals surface area (Å²) in [7, 11) is 0. The van der Waals surface area contributed by atoms with E-state index in [1.165, 1.54) is 53.2 Å². The van der Waals surface area contributed by atoms with Crippen LogP contribution >= 0.6 is 11.3 Å². The van der Waals surface area contributed by atoms with Crippen LogP contribution in [0.1, 0.15) is 28.8 Å². The van der Waals surface area contributed by atoms with E-state index in [9.17, 15) is 0 Å². The first-order valence-electron chi connectivity index (χ1n) is 8.31. The normalized spacial score (nSPS) is 15.2. The van der Waals surface area contributed by atoms with Gasteiger partial charge in [-0.05, 0) is 72.7 Å². The number of hydrogen-bond acceptors (Lipinski definition) is 4. The second-order valence-corrected chi connectivity index (χ2v) is 7.44. The van der Waals surface area contributed by atoms with Crippen LogP contribution in [0.3, 0.4) is 0 Å². The molecule has 0 atom stereocenters. The minimum Gasteiger partial charge on any atom is -0.371 e. The molecule has 4 heteroatoms. The van der Waals surface area contributed by atoms with Crippen molar-refractivity contribution < 1.29 is 0 Å². The topological polar surface area (TPSA) is 50.8 Å². The number of nitriles is 2. The molecule has 2 aliphatic heterocycles. The van der Waals surface area contributed by atoms with Gasteiger partial charge >= 0.3 is 0 Å². The molecule has 2 aliphatic rings. The van der Waals surface area contributed by atoms with E-state index in [0.29, 0.717) is 0 Å². The van der Waals surface area contributed by atoms with Gasteiger partial charge < -0.3 is 4.90 Å². The number of benzene rings is 1. The first-order valence-corrected chi connectivity index (χ1v) is 9.13. The highest BCUT2D eigenvalue weighted by Gasteiger charge is 2.24. The highest BCUT2D eigenvalue weighted by Crippen LogP contribution is 2.40. The molecule has 1 aromatic heterocycles. The lowest BCUT2D eigenvalue weighted by Crippen LogP contribution is -2.34. The van der Waals surface area contributed by atoms with E-state index in [2.05, 4.69) is 23.1 Å². The van der Waals surface area contributed by atoms with E-state index in [1.54, 1.807) is 17.4 Å². The molecule has 0 radical (unpaired) electrons. The molecule has 3 nitrogen and oxygen atoms in total. The Morgan fingerprint density at radius 2 is 1.71 bits per heavy atom. The van der Waals surface area contributed by atoms with Crippen molar-refractivity contribution >= 4 is 23.1 Å². The lowest BCUT2D eigenvalue weighted by molar-refractivity contribution is 0.634. The molecule has 118 valence electrons. The molecule has 4 rings (SSSR count). The standard InChI is InChI=1S/C20H17N3S/c21-12-14(13-22)9-18-5-6-19(24-18)17-10-15-3-1-7-23-8-2-4-16(11-17)20(15)23/h5-6,9-11H,1-4,7-8H2. The van der Waals surface area contributed by atoms with Crippen LogP contribution in [0.2, 0.25) is 0 Å². The monoisotopic (exact) mass is 331 g/mol. The van der Waals surface area contributed by atoms with Gasteiger partial charge in [0, 0.05) is 28.5 Å². The summed E-state index contributed by atoms with van der Waals surface area (Å²) >= 11 is 1.64. The predicted octanol–water partition coefficient (Wildman–Crippen LogP) is 4.54. The summed E-state index contributed by atoms with van der Waals surface area (Å²) in [5.74, 6) is 0. The van der Waals surface area contributed by atoms with Gasteiger partial charge in [-0.25, -0.2) is 0 Å². The Balaban J connectivity index is 1.74. The summed E-state index contributed by atoms with van der Waals surface area (Å²) in [6.45, 7) is 2.39. The van der Waals surface area contributed by atoms with Gasteiger partial charge in [-0.2, -0.15) is 10.5 Å². The summed E-state index contributed by atoms with van der Waals surface area (Å²) in [5.41, 5.74) is 5.87. The fourth-order valence-electron chi connectivity index (χ4n) is 3.76. The number of rotatable bonds is 2. The number of thiophene rings is 1. The second-order valence-electron chi connectivity index (χ2n) is 6.32. The fraction of sp³-hybridized carbons (Fsp3) is 0.300. The van der Waals surface area contributed by atoms with Crippen LogP contribution in [0.15, 0.2) is 29.8 Å². The quantitative estimate of drug-likeness (QED) is 0.759. The Labute approximate surface area is 146 Å². The molecule has 0 unspecified atom stereocenters. The highest BCUT2D eigenvalue weighted by molar-refractivity contribution is 7.16. The van der Waals surface area contributed by atoms with Gasteiger partial charge in [0.25, 0.3) is 0 Å². The van der Waals surface area contributed by atoms with Crippen molar-refractivity contribution in [3.05, 3.63) is 45.8 Å². The third kappa shape index (κ3) is 2.60. The van der Waals surface area contributed by atoms with Crippen LogP contribution in [0.5, 0.6) is 0 Å². The Morgan fingerprint density at radius 1 is 1.04 bits per heavy atom. The number of aryl methyl sites for hydroxylation is 2. The molecule has 0 aliphatic carbocycles. The predicted molar refractivity (Wildman–Crippen MR) is 97.8 cm³/mol. The Bertz CT molecular complexity index is 861. The summed E-state index contributed by atoms with van der Waals surface area (Å²) in [4.78, 5) is 4.71. The van der Waals surface area contributed by atoms with Gasteiger partial charge in [0.05, 0.1) is 0 Å². The van der Waals surface area contributed by atoms with E-state index in [4.69, 9.17) is 10.5 Å². The third-order valence-electron chi connectivity index (χ3n) is 4.77. The molecule has 0 saturated heterocycles. The first-order chi connectivity index (χ1) is 11.8. The van der Waals surface area contributed by atoms with E-state index in [1.807, 2.05) is 18.2 Å². The van der Waals surface area contributed by atoms with Crippen molar-refractivity contribution in [1.29, 1.82) is 10.5 Å². The minimum atomic E-state index is 0.152. The molecule has 0 bridgehead atoms. The summed E-state index contributed by atoms with van der Waals surface area (Å²) in [6, 6.07) is 12.6. The van der Waals surface area contributed by atoms with Crippen LogP contribution in [0.25, 0.3) is 16.5 Å². The molecule has 1 aromatic carbocycles. The summed E-state index contributed by atoms with van der Waals surface area (Å²) in [5, 5.41) is 17.8. The van der Waals surface area contributed by atoms with E-state index in [-0.39, 0.29) is 5.57 Å². The molecule has 0 fully saturated rings. The molecular formula is C20H17N3S. The minimum absolute atomic E-state index is 0.152. The molecule has 2 aromatic rings.